The third-order valence-corrected chi connectivity index (χ3v) is 6.42. The first kappa shape index (κ1) is 24.2. The van der Waals surface area contributed by atoms with Crippen LogP contribution >= 0.6 is 0 Å². The van der Waals surface area contributed by atoms with E-state index in [0.717, 1.165) is 17.1 Å². The molecule has 0 aliphatic carbocycles. The molecule has 8 heteroatoms. The van der Waals surface area contributed by atoms with E-state index in [-0.39, 0.29) is 24.5 Å². The number of furan rings is 1. The number of hydrogen-bond donors (Lipinski definition) is 1. The van der Waals surface area contributed by atoms with Crippen LogP contribution in [0.15, 0.2) is 89.7 Å². The maximum Gasteiger partial charge on any atom is 0.322 e. The van der Waals surface area contributed by atoms with E-state index in [1.807, 2.05) is 87.6 Å². The molecule has 0 fully saturated rings. The van der Waals surface area contributed by atoms with Crippen molar-refractivity contribution in [2.24, 2.45) is 0 Å². The van der Waals surface area contributed by atoms with Crippen LogP contribution in [0.3, 0.4) is 0 Å². The fourth-order valence-corrected chi connectivity index (χ4v) is 4.73. The summed E-state index contributed by atoms with van der Waals surface area (Å²) in [5.41, 5.74) is 3.11. The predicted octanol–water partition coefficient (Wildman–Crippen LogP) is 5.85. The molecule has 0 bridgehead atoms. The van der Waals surface area contributed by atoms with Crippen molar-refractivity contribution in [3.05, 3.63) is 96.7 Å². The number of hydrogen-bond acceptors (Lipinski definition) is 4. The first-order chi connectivity index (χ1) is 18.0. The Balaban J connectivity index is 1.47. The second-order valence-corrected chi connectivity index (χ2v) is 9.05. The van der Waals surface area contributed by atoms with E-state index in [1.54, 1.807) is 23.3 Å². The van der Waals surface area contributed by atoms with Gasteiger partial charge in [0, 0.05) is 12.2 Å². The number of fused-ring (bicyclic) bond motifs is 3. The quantitative estimate of drug-likeness (QED) is 0.347. The van der Waals surface area contributed by atoms with Crippen LogP contribution in [0.1, 0.15) is 38.3 Å². The largest absolute Gasteiger partial charge is 0.492 e. The van der Waals surface area contributed by atoms with E-state index in [9.17, 15) is 9.59 Å². The fourth-order valence-electron chi connectivity index (χ4n) is 4.73. The zero-order chi connectivity index (χ0) is 25.9. The number of carbonyl (C=O) groups excluding carboxylic acids is 2. The summed E-state index contributed by atoms with van der Waals surface area (Å²) in [6, 6.07) is 21.6. The smallest absolute Gasteiger partial charge is 0.322 e. The standard InChI is InChI=1S/C29H30N4O4/c1-4-36-25-15-8-5-11-21(25)30-29(35)32(20(2)3)19-27(34)33-23-13-7-6-12-22(23)31-17-9-14-24(31)28(33)26-16-10-18-37-26/h5-18,20,28H,4,19H2,1-3H3,(H,30,35). The van der Waals surface area contributed by atoms with E-state index < -0.39 is 6.04 Å². The number of ether oxygens (including phenoxy) is 1. The van der Waals surface area contributed by atoms with Crippen LogP contribution in [0.2, 0.25) is 0 Å². The summed E-state index contributed by atoms with van der Waals surface area (Å²) in [6.45, 7) is 6.03. The summed E-state index contributed by atoms with van der Waals surface area (Å²) in [5.74, 6) is 1.01. The van der Waals surface area contributed by atoms with Crippen LogP contribution in [-0.4, -0.2) is 40.6 Å². The Morgan fingerprint density at radius 3 is 2.49 bits per heavy atom. The molecule has 0 radical (unpaired) electrons. The highest BCUT2D eigenvalue weighted by Gasteiger charge is 2.38. The van der Waals surface area contributed by atoms with Crippen molar-refractivity contribution in [1.82, 2.24) is 9.47 Å². The van der Waals surface area contributed by atoms with E-state index in [2.05, 4.69) is 9.88 Å². The molecule has 0 spiro atoms. The van der Waals surface area contributed by atoms with E-state index in [4.69, 9.17) is 9.15 Å². The minimum Gasteiger partial charge on any atom is -0.492 e. The maximum absolute atomic E-state index is 14.1. The molecule has 5 rings (SSSR count). The number of amides is 3. The number of nitrogens with zero attached hydrogens (tertiary/aromatic N) is 3. The molecule has 3 amide bonds. The average Bonchev–Trinajstić information content (AvgIpc) is 3.60. The minimum atomic E-state index is -0.469. The Hall–Kier alpha value is -4.46. The molecule has 2 aromatic heterocycles. The third-order valence-electron chi connectivity index (χ3n) is 6.42. The van der Waals surface area contributed by atoms with Gasteiger partial charge >= 0.3 is 6.03 Å². The number of aromatic nitrogens is 1. The molecule has 1 aliphatic rings. The Kier molecular flexibility index (Phi) is 6.72. The molecular formula is C29H30N4O4. The van der Waals surface area contributed by atoms with Crippen LogP contribution in [0, 0.1) is 0 Å². The van der Waals surface area contributed by atoms with Gasteiger partial charge in [-0.05, 0) is 69.3 Å². The van der Waals surface area contributed by atoms with Crippen molar-refractivity contribution in [3.63, 3.8) is 0 Å². The molecule has 0 saturated carbocycles. The molecule has 2 aromatic carbocycles. The SMILES string of the molecule is CCOc1ccccc1NC(=O)N(CC(=O)N1c2ccccc2-n2cccc2C1c1ccco1)C(C)C. The monoisotopic (exact) mass is 498 g/mol. The normalized spacial score (nSPS) is 14.2. The van der Waals surface area contributed by atoms with Gasteiger partial charge in [0.15, 0.2) is 0 Å². The molecule has 3 heterocycles. The highest BCUT2D eigenvalue weighted by molar-refractivity contribution is 6.01. The molecule has 1 aliphatic heterocycles. The molecule has 1 N–H and O–H groups in total. The zero-order valence-electron chi connectivity index (χ0n) is 21.1. The van der Waals surface area contributed by atoms with E-state index in [0.29, 0.717) is 23.8 Å². The predicted molar refractivity (Wildman–Crippen MR) is 142 cm³/mol. The highest BCUT2D eigenvalue weighted by Crippen LogP contribution is 2.42. The Labute approximate surface area is 216 Å². The molecule has 37 heavy (non-hydrogen) atoms. The van der Waals surface area contributed by atoms with Crippen molar-refractivity contribution in [2.75, 3.05) is 23.4 Å². The summed E-state index contributed by atoms with van der Waals surface area (Å²) < 4.78 is 13.5. The van der Waals surface area contributed by atoms with Crippen LogP contribution in [0.25, 0.3) is 5.69 Å². The summed E-state index contributed by atoms with van der Waals surface area (Å²) in [4.78, 5) is 30.7. The first-order valence-electron chi connectivity index (χ1n) is 12.4. The number of anilines is 2. The van der Waals surface area contributed by atoms with E-state index >= 15 is 0 Å². The van der Waals surface area contributed by atoms with Gasteiger partial charge in [-0.1, -0.05) is 24.3 Å². The average molecular weight is 499 g/mol. The van der Waals surface area contributed by atoms with Gasteiger partial charge in [-0.25, -0.2) is 4.79 Å². The van der Waals surface area contributed by atoms with Gasteiger partial charge in [-0.2, -0.15) is 0 Å². The number of urea groups is 1. The van der Waals surface area contributed by atoms with Crippen LogP contribution < -0.4 is 15.0 Å². The summed E-state index contributed by atoms with van der Waals surface area (Å²) in [6.07, 6.45) is 3.59. The number of benzene rings is 2. The second kappa shape index (κ2) is 10.3. The summed E-state index contributed by atoms with van der Waals surface area (Å²) >= 11 is 0. The Morgan fingerprint density at radius 1 is 1.00 bits per heavy atom. The van der Waals surface area contributed by atoms with Gasteiger partial charge in [0.25, 0.3) is 0 Å². The van der Waals surface area contributed by atoms with Crippen LogP contribution in [-0.2, 0) is 4.79 Å². The lowest BCUT2D eigenvalue weighted by Crippen LogP contribution is -2.49. The van der Waals surface area contributed by atoms with Crippen molar-refractivity contribution in [2.45, 2.75) is 32.9 Å². The Bertz CT molecular complexity index is 1390. The number of nitrogens with one attached hydrogen (secondary N) is 1. The topological polar surface area (TPSA) is 80.0 Å². The zero-order valence-corrected chi connectivity index (χ0v) is 21.1. The van der Waals surface area contributed by atoms with Gasteiger partial charge in [0.1, 0.15) is 24.1 Å². The van der Waals surface area contributed by atoms with Gasteiger partial charge in [-0.15, -0.1) is 0 Å². The molecule has 1 unspecified atom stereocenters. The van der Waals surface area contributed by atoms with Gasteiger partial charge < -0.3 is 23.9 Å². The summed E-state index contributed by atoms with van der Waals surface area (Å²) in [7, 11) is 0. The molecular weight excluding hydrogens is 468 g/mol. The molecule has 4 aromatic rings. The van der Waals surface area contributed by atoms with Gasteiger partial charge in [-0.3, -0.25) is 9.69 Å². The first-order valence-corrected chi connectivity index (χ1v) is 12.4. The highest BCUT2D eigenvalue weighted by atomic mass is 16.5. The fraction of sp³-hybridized carbons (Fsp3) is 0.241. The summed E-state index contributed by atoms with van der Waals surface area (Å²) in [5, 5.41) is 2.92. The van der Waals surface area contributed by atoms with Crippen molar-refractivity contribution < 1.29 is 18.7 Å². The van der Waals surface area contributed by atoms with Crippen molar-refractivity contribution >= 4 is 23.3 Å². The second-order valence-electron chi connectivity index (χ2n) is 9.05. The van der Waals surface area contributed by atoms with E-state index in [1.165, 1.54) is 4.90 Å². The third kappa shape index (κ3) is 4.58. The molecule has 1 atom stereocenters. The maximum atomic E-state index is 14.1. The lowest BCUT2D eigenvalue weighted by Gasteiger charge is -2.38. The van der Waals surface area contributed by atoms with Crippen LogP contribution in [0.4, 0.5) is 16.2 Å². The van der Waals surface area contributed by atoms with Crippen LogP contribution in [0.5, 0.6) is 5.75 Å². The van der Waals surface area contributed by atoms with Crippen molar-refractivity contribution in [3.8, 4) is 11.4 Å². The molecule has 190 valence electrons. The minimum absolute atomic E-state index is 0.118. The molecule has 8 nitrogen and oxygen atoms in total. The lowest BCUT2D eigenvalue weighted by molar-refractivity contribution is -0.120. The number of carbonyl (C=O) groups is 2. The van der Waals surface area contributed by atoms with Crippen molar-refractivity contribution in [1.29, 1.82) is 0 Å². The number of para-hydroxylation sites is 4. The lowest BCUT2D eigenvalue weighted by atomic mass is 10.0. The van der Waals surface area contributed by atoms with Gasteiger partial charge in [0.2, 0.25) is 5.91 Å². The Morgan fingerprint density at radius 2 is 1.76 bits per heavy atom. The number of rotatable bonds is 7. The molecule has 0 saturated heterocycles. The van der Waals surface area contributed by atoms with Gasteiger partial charge in [0.05, 0.1) is 35.6 Å².